The number of nitrogens with zero attached hydrogens (tertiary/aromatic N) is 3. The van der Waals surface area contributed by atoms with Crippen LogP contribution in [0.5, 0.6) is 0 Å². The standard InChI is InChI=1S/C20H14N4O3/c25-19(15-8-4-5-9-16(15)20(26)27)21-13-10-11-17-18(12-13)23-24(22-17)14-6-2-1-3-7-14/h1-12H,(H,21,25)(H,26,27). The van der Waals surface area contributed by atoms with Crippen LogP contribution < -0.4 is 5.32 Å². The molecule has 0 fully saturated rings. The largest absolute Gasteiger partial charge is 0.478 e. The number of amides is 1. The number of hydrogen-bond donors (Lipinski definition) is 2. The second-order valence-corrected chi connectivity index (χ2v) is 5.83. The van der Waals surface area contributed by atoms with Gasteiger partial charge >= 0.3 is 5.97 Å². The molecule has 0 aliphatic carbocycles. The lowest BCUT2D eigenvalue weighted by atomic mass is 10.1. The predicted octanol–water partition coefficient (Wildman–Crippen LogP) is 3.37. The van der Waals surface area contributed by atoms with E-state index in [2.05, 4.69) is 15.5 Å². The van der Waals surface area contributed by atoms with E-state index in [0.29, 0.717) is 16.7 Å². The summed E-state index contributed by atoms with van der Waals surface area (Å²) in [6.07, 6.45) is 0. The zero-order chi connectivity index (χ0) is 18.8. The molecular formula is C20H14N4O3. The van der Waals surface area contributed by atoms with E-state index in [-0.39, 0.29) is 11.1 Å². The van der Waals surface area contributed by atoms with E-state index in [1.807, 2.05) is 30.3 Å². The van der Waals surface area contributed by atoms with Crippen LogP contribution in [0, 0.1) is 0 Å². The molecule has 0 aliphatic rings. The summed E-state index contributed by atoms with van der Waals surface area (Å²) in [5.41, 5.74) is 2.68. The number of fused-ring (bicyclic) bond motifs is 1. The van der Waals surface area contributed by atoms with Crippen LogP contribution in [0.15, 0.2) is 72.8 Å². The van der Waals surface area contributed by atoms with Crippen molar-refractivity contribution in [3.63, 3.8) is 0 Å². The summed E-state index contributed by atoms with van der Waals surface area (Å²) in [6.45, 7) is 0. The number of carbonyl (C=O) groups is 2. The van der Waals surface area contributed by atoms with Gasteiger partial charge in [-0.1, -0.05) is 30.3 Å². The predicted molar refractivity (Wildman–Crippen MR) is 100 cm³/mol. The van der Waals surface area contributed by atoms with Gasteiger partial charge in [0.2, 0.25) is 0 Å². The average Bonchev–Trinajstić information content (AvgIpc) is 3.12. The first kappa shape index (κ1) is 16.5. The summed E-state index contributed by atoms with van der Waals surface area (Å²) < 4.78 is 0. The number of carbonyl (C=O) groups excluding carboxylic acids is 1. The lowest BCUT2D eigenvalue weighted by molar-refractivity contribution is 0.0692. The van der Waals surface area contributed by atoms with Crippen molar-refractivity contribution in [1.29, 1.82) is 0 Å². The van der Waals surface area contributed by atoms with Gasteiger partial charge in [-0.15, -0.1) is 10.2 Å². The van der Waals surface area contributed by atoms with E-state index in [4.69, 9.17) is 0 Å². The van der Waals surface area contributed by atoms with Gasteiger partial charge in [0.1, 0.15) is 11.0 Å². The Hall–Kier alpha value is -4.00. The molecule has 1 amide bonds. The van der Waals surface area contributed by atoms with E-state index < -0.39 is 11.9 Å². The molecular weight excluding hydrogens is 344 g/mol. The molecule has 4 aromatic rings. The van der Waals surface area contributed by atoms with Crippen molar-refractivity contribution in [2.45, 2.75) is 0 Å². The van der Waals surface area contributed by atoms with Crippen molar-refractivity contribution in [2.24, 2.45) is 0 Å². The van der Waals surface area contributed by atoms with Gasteiger partial charge in [-0.2, -0.15) is 4.80 Å². The van der Waals surface area contributed by atoms with E-state index >= 15 is 0 Å². The maximum Gasteiger partial charge on any atom is 0.336 e. The molecule has 2 N–H and O–H groups in total. The van der Waals surface area contributed by atoms with Crippen LogP contribution in [0.25, 0.3) is 16.7 Å². The van der Waals surface area contributed by atoms with Crippen molar-refractivity contribution in [3.8, 4) is 5.69 Å². The van der Waals surface area contributed by atoms with Crippen LogP contribution in [0.2, 0.25) is 0 Å². The molecule has 1 aromatic heterocycles. The zero-order valence-corrected chi connectivity index (χ0v) is 14.0. The van der Waals surface area contributed by atoms with Crippen molar-refractivity contribution < 1.29 is 14.7 Å². The number of rotatable bonds is 4. The fourth-order valence-electron chi connectivity index (χ4n) is 2.74. The Morgan fingerprint density at radius 3 is 2.22 bits per heavy atom. The quantitative estimate of drug-likeness (QED) is 0.583. The van der Waals surface area contributed by atoms with E-state index in [1.165, 1.54) is 16.9 Å². The van der Waals surface area contributed by atoms with Gasteiger partial charge < -0.3 is 10.4 Å². The molecule has 0 bridgehead atoms. The number of carboxylic acid groups (broad SMARTS) is 1. The van der Waals surface area contributed by atoms with Gasteiger partial charge in [-0.25, -0.2) is 4.79 Å². The van der Waals surface area contributed by atoms with Gasteiger partial charge in [0.25, 0.3) is 5.91 Å². The van der Waals surface area contributed by atoms with Crippen molar-refractivity contribution >= 4 is 28.6 Å². The van der Waals surface area contributed by atoms with E-state index in [9.17, 15) is 14.7 Å². The highest BCUT2D eigenvalue weighted by atomic mass is 16.4. The van der Waals surface area contributed by atoms with Gasteiger partial charge in [0.05, 0.1) is 16.8 Å². The molecule has 27 heavy (non-hydrogen) atoms. The summed E-state index contributed by atoms with van der Waals surface area (Å²) >= 11 is 0. The summed E-state index contributed by atoms with van der Waals surface area (Å²) in [4.78, 5) is 25.3. The molecule has 0 radical (unpaired) electrons. The SMILES string of the molecule is O=C(O)c1ccccc1C(=O)Nc1ccc2nn(-c3ccccc3)nc2c1. The molecule has 0 spiro atoms. The Balaban J connectivity index is 1.63. The van der Waals surface area contributed by atoms with Crippen LogP contribution in [0.3, 0.4) is 0 Å². The first-order valence-corrected chi connectivity index (χ1v) is 8.18. The third-order valence-corrected chi connectivity index (χ3v) is 4.03. The highest BCUT2D eigenvalue weighted by Crippen LogP contribution is 2.19. The molecule has 3 aromatic carbocycles. The lowest BCUT2D eigenvalue weighted by Gasteiger charge is -2.07. The van der Waals surface area contributed by atoms with Crippen LogP contribution in [0.4, 0.5) is 5.69 Å². The molecule has 0 unspecified atom stereocenters. The second kappa shape index (κ2) is 6.72. The number of aromatic carboxylic acids is 1. The minimum absolute atomic E-state index is 0.0499. The molecule has 7 heteroatoms. The van der Waals surface area contributed by atoms with Crippen molar-refractivity contribution in [1.82, 2.24) is 15.0 Å². The zero-order valence-electron chi connectivity index (χ0n) is 14.0. The number of benzene rings is 3. The Morgan fingerprint density at radius 2 is 1.48 bits per heavy atom. The van der Waals surface area contributed by atoms with Gasteiger partial charge in [-0.3, -0.25) is 4.79 Å². The molecule has 0 aliphatic heterocycles. The molecule has 1 heterocycles. The molecule has 0 atom stereocenters. The summed E-state index contributed by atoms with van der Waals surface area (Å²) in [5, 5.41) is 20.8. The second-order valence-electron chi connectivity index (χ2n) is 5.83. The lowest BCUT2D eigenvalue weighted by Crippen LogP contribution is -2.16. The minimum Gasteiger partial charge on any atom is -0.478 e. The van der Waals surface area contributed by atoms with E-state index in [1.54, 1.807) is 30.3 Å². The third-order valence-electron chi connectivity index (χ3n) is 4.03. The maximum atomic E-state index is 12.5. The molecule has 7 nitrogen and oxygen atoms in total. The fraction of sp³-hybridized carbons (Fsp3) is 0. The monoisotopic (exact) mass is 358 g/mol. The van der Waals surface area contributed by atoms with E-state index in [0.717, 1.165) is 5.69 Å². The minimum atomic E-state index is -1.15. The highest BCUT2D eigenvalue weighted by Gasteiger charge is 2.16. The number of carboxylic acids is 1. The first-order chi connectivity index (χ1) is 13.1. The third kappa shape index (κ3) is 3.25. The van der Waals surface area contributed by atoms with Gasteiger partial charge in [0, 0.05) is 5.69 Å². The number of nitrogens with one attached hydrogen (secondary N) is 1. The first-order valence-electron chi connectivity index (χ1n) is 8.18. The van der Waals surface area contributed by atoms with Crippen LogP contribution in [0.1, 0.15) is 20.7 Å². The fourth-order valence-corrected chi connectivity index (χ4v) is 2.74. The average molecular weight is 358 g/mol. The Labute approximate surface area is 153 Å². The number of hydrogen-bond acceptors (Lipinski definition) is 4. The molecule has 132 valence electrons. The number of aromatic nitrogens is 3. The number of para-hydroxylation sites is 1. The summed E-state index contributed by atoms with van der Waals surface area (Å²) in [7, 11) is 0. The molecule has 0 saturated heterocycles. The molecule has 0 saturated carbocycles. The Morgan fingerprint density at radius 1 is 0.815 bits per heavy atom. The van der Waals surface area contributed by atoms with Crippen molar-refractivity contribution in [2.75, 3.05) is 5.32 Å². The highest BCUT2D eigenvalue weighted by molar-refractivity contribution is 6.11. The summed E-state index contributed by atoms with van der Waals surface area (Å²) in [6, 6.07) is 20.7. The van der Waals surface area contributed by atoms with Crippen LogP contribution in [-0.2, 0) is 0 Å². The normalized spacial score (nSPS) is 10.7. The Bertz CT molecular complexity index is 1150. The summed E-state index contributed by atoms with van der Waals surface area (Å²) in [5.74, 6) is -1.65. The van der Waals surface area contributed by atoms with Gasteiger partial charge in [0.15, 0.2) is 0 Å². The van der Waals surface area contributed by atoms with Crippen molar-refractivity contribution in [3.05, 3.63) is 83.9 Å². The topological polar surface area (TPSA) is 97.1 Å². The molecule has 4 rings (SSSR count). The Kier molecular flexibility index (Phi) is 4.10. The van der Waals surface area contributed by atoms with Crippen LogP contribution in [-0.4, -0.2) is 32.0 Å². The van der Waals surface area contributed by atoms with Gasteiger partial charge in [-0.05, 0) is 42.5 Å². The smallest absolute Gasteiger partial charge is 0.336 e. The maximum absolute atomic E-state index is 12.5. The number of anilines is 1. The van der Waals surface area contributed by atoms with Crippen LogP contribution >= 0.6 is 0 Å².